The van der Waals surface area contributed by atoms with E-state index in [4.69, 9.17) is 9.90 Å². The SMILES string of the molecule is CNc1nc(C)c(C(=O)Nc2c(C)cc(C)cc2C)s1.O=C(O)C(F)(F)F. The van der Waals surface area contributed by atoms with Crippen molar-refractivity contribution in [3.05, 3.63) is 39.4 Å². The van der Waals surface area contributed by atoms with E-state index in [1.54, 1.807) is 7.05 Å². The van der Waals surface area contributed by atoms with Crippen LogP contribution in [0, 0.1) is 27.7 Å². The summed E-state index contributed by atoms with van der Waals surface area (Å²) in [5.41, 5.74) is 4.99. The Balaban J connectivity index is 0.000000445. The van der Waals surface area contributed by atoms with Gasteiger partial charge in [-0.25, -0.2) is 9.78 Å². The summed E-state index contributed by atoms with van der Waals surface area (Å²) in [4.78, 5) is 26.2. The van der Waals surface area contributed by atoms with Crippen molar-refractivity contribution in [1.82, 2.24) is 4.98 Å². The predicted molar refractivity (Wildman–Crippen MR) is 98.7 cm³/mol. The molecular weight excluding hydrogens is 383 g/mol. The Hall–Kier alpha value is -2.62. The highest BCUT2D eigenvalue weighted by Crippen LogP contribution is 2.26. The molecule has 1 aromatic carbocycles. The van der Waals surface area contributed by atoms with Crippen LogP contribution in [0.5, 0.6) is 0 Å². The average Bonchev–Trinajstić information content (AvgIpc) is 2.91. The van der Waals surface area contributed by atoms with Gasteiger partial charge in [0.1, 0.15) is 4.88 Å². The number of carboxylic acid groups (broad SMARTS) is 1. The third-order valence-corrected chi connectivity index (χ3v) is 4.55. The number of hydrogen-bond donors (Lipinski definition) is 3. The van der Waals surface area contributed by atoms with E-state index in [0.29, 0.717) is 4.88 Å². The molecular formula is C17H20F3N3O3S. The number of aryl methyl sites for hydroxylation is 4. The number of halogens is 3. The molecule has 0 aliphatic carbocycles. The Bertz CT molecular complexity index is 825. The monoisotopic (exact) mass is 403 g/mol. The predicted octanol–water partition coefficient (Wildman–Crippen LogP) is 4.30. The molecule has 0 spiro atoms. The number of benzene rings is 1. The average molecular weight is 403 g/mol. The van der Waals surface area contributed by atoms with Crippen LogP contribution in [0.3, 0.4) is 0 Å². The summed E-state index contributed by atoms with van der Waals surface area (Å²) in [7, 11) is 1.80. The van der Waals surface area contributed by atoms with Crippen LogP contribution in [0.1, 0.15) is 32.1 Å². The lowest BCUT2D eigenvalue weighted by atomic mass is 10.1. The molecule has 1 aromatic heterocycles. The van der Waals surface area contributed by atoms with E-state index >= 15 is 0 Å². The second-order valence-electron chi connectivity index (χ2n) is 5.71. The Morgan fingerprint density at radius 1 is 1.11 bits per heavy atom. The summed E-state index contributed by atoms with van der Waals surface area (Å²) in [6.07, 6.45) is -5.08. The molecule has 0 saturated heterocycles. The van der Waals surface area contributed by atoms with Gasteiger partial charge in [0.2, 0.25) is 0 Å². The van der Waals surface area contributed by atoms with Gasteiger partial charge in [-0.2, -0.15) is 13.2 Å². The quantitative estimate of drug-likeness (QED) is 0.711. The molecule has 27 heavy (non-hydrogen) atoms. The number of hydrogen-bond acceptors (Lipinski definition) is 5. The van der Waals surface area contributed by atoms with Gasteiger partial charge >= 0.3 is 12.1 Å². The zero-order chi connectivity index (χ0) is 20.9. The van der Waals surface area contributed by atoms with E-state index in [1.807, 2.05) is 20.8 Å². The first-order valence-electron chi connectivity index (χ1n) is 7.71. The van der Waals surface area contributed by atoms with Gasteiger partial charge in [-0.3, -0.25) is 4.79 Å². The minimum absolute atomic E-state index is 0.100. The van der Waals surface area contributed by atoms with Crippen molar-refractivity contribution in [2.45, 2.75) is 33.9 Å². The maximum Gasteiger partial charge on any atom is 0.490 e. The maximum atomic E-state index is 12.4. The fraction of sp³-hybridized carbons (Fsp3) is 0.353. The highest BCUT2D eigenvalue weighted by atomic mass is 32.1. The van der Waals surface area contributed by atoms with Crippen LogP contribution in [-0.2, 0) is 4.79 Å². The van der Waals surface area contributed by atoms with Crippen molar-refractivity contribution in [2.75, 3.05) is 17.7 Å². The summed E-state index contributed by atoms with van der Waals surface area (Å²) in [6.45, 7) is 7.92. The number of anilines is 2. The zero-order valence-corrected chi connectivity index (χ0v) is 16.2. The largest absolute Gasteiger partial charge is 0.490 e. The summed E-state index contributed by atoms with van der Waals surface area (Å²) < 4.78 is 31.7. The van der Waals surface area contributed by atoms with Crippen LogP contribution in [0.25, 0.3) is 0 Å². The van der Waals surface area contributed by atoms with E-state index in [0.717, 1.165) is 27.6 Å². The van der Waals surface area contributed by atoms with Crippen molar-refractivity contribution in [3.63, 3.8) is 0 Å². The van der Waals surface area contributed by atoms with E-state index in [9.17, 15) is 18.0 Å². The van der Waals surface area contributed by atoms with Crippen LogP contribution in [-0.4, -0.2) is 35.2 Å². The molecule has 0 aliphatic rings. The zero-order valence-electron chi connectivity index (χ0n) is 15.4. The van der Waals surface area contributed by atoms with E-state index in [1.165, 1.54) is 16.9 Å². The molecule has 0 atom stereocenters. The highest BCUT2D eigenvalue weighted by Gasteiger charge is 2.38. The van der Waals surface area contributed by atoms with Gasteiger partial charge in [-0.05, 0) is 38.8 Å². The molecule has 10 heteroatoms. The van der Waals surface area contributed by atoms with Crippen LogP contribution in [0.2, 0.25) is 0 Å². The third kappa shape index (κ3) is 6.24. The van der Waals surface area contributed by atoms with Crippen molar-refractivity contribution in [2.24, 2.45) is 0 Å². The summed E-state index contributed by atoms with van der Waals surface area (Å²) in [5.74, 6) is -2.86. The standard InChI is InChI=1S/C15H19N3OS.C2HF3O2/c1-8-6-9(2)12(10(3)7-8)18-14(19)13-11(4)17-15(16-5)20-13;3-2(4,5)1(6)7/h6-7H,1-5H3,(H,16,17)(H,18,19);(H,6,7). The van der Waals surface area contributed by atoms with Gasteiger partial charge in [-0.15, -0.1) is 0 Å². The molecule has 3 N–H and O–H groups in total. The Morgan fingerprint density at radius 3 is 1.96 bits per heavy atom. The lowest BCUT2D eigenvalue weighted by Crippen LogP contribution is -2.21. The fourth-order valence-corrected chi connectivity index (χ4v) is 3.08. The third-order valence-electron chi connectivity index (χ3n) is 3.37. The van der Waals surface area contributed by atoms with Crippen LogP contribution in [0.15, 0.2) is 12.1 Å². The number of thiazole rings is 1. The fourth-order valence-electron chi connectivity index (χ4n) is 2.26. The molecule has 0 aliphatic heterocycles. The second kappa shape index (κ2) is 8.85. The topological polar surface area (TPSA) is 91.3 Å². The molecule has 1 amide bonds. The van der Waals surface area contributed by atoms with E-state index in [2.05, 4.69) is 34.7 Å². The van der Waals surface area contributed by atoms with E-state index < -0.39 is 12.1 Å². The summed E-state index contributed by atoms with van der Waals surface area (Å²) in [5, 5.41) is 13.8. The number of carboxylic acids is 1. The van der Waals surface area contributed by atoms with Gasteiger partial charge in [0.25, 0.3) is 5.91 Å². The number of alkyl halides is 3. The molecule has 0 radical (unpaired) electrons. The molecule has 2 aromatic rings. The first kappa shape index (κ1) is 22.4. The van der Waals surface area contributed by atoms with Crippen molar-refractivity contribution in [3.8, 4) is 0 Å². The number of carbonyl (C=O) groups is 2. The number of nitrogens with one attached hydrogen (secondary N) is 2. The highest BCUT2D eigenvalue weighted by molar-refractivity contribution is 7.17. The number of aromatic nitrogens is 1. The second-order valence-corrected chi connectivity index (χ2v) is 6.71. The number of aliphatic carboxylic acids is 1. The lowest BCUT2D eigenvalue weighted by Gasteiger charge is -2.12. The van der Waals surface area contributed by atoms with Crippen molar-refractivity contribution in [1.29, 1.82) is 0 Å². The molecule has 0 fully saturated rings. The van der Waals surface area contributed by atoms with Gasteiger partial charge in [0, 0.05) is 12.7 Å². The number of rotatable bonds is 3. The molecule has 0 saturated carbocycles. The van der Waals surface area contributed by atoms with Crippen molar-refractivity contribution < 1.29 is 27.9 Å². The minimum atomic E-state index is -5.08. The maximum absolute atomic E-state index is 12.4. The smallest absolute Gasteiger partial charge is 0.475 e. The Labute approximate surface area is 158 Å². The first-order chi connectivity index (χ1) is 12.4. The number of nitrogens with zero attached hydrogens (tertiary/aromatic N) is 1. The number of amides is 1. The van der Waals surface area contributed by atoms with Crippen LogP contribution >= 0.6 is 11.3 Å². The molecule has 6 nitrogen and oxygen atoms in total. The van der Waals surface area contributed by atoms with Gasteiger partial charge in [-0.1, -0.05) is 29.0 Å². The van der Waals surface area contributed by atoms with Crippen molar-refractivity contribution >= 4 is 34.0 Å². The molecule has 148 valence electrons. The lowest BCUT2D eigenvalue weighted by molar-refractivity contribution is -0.192. The normalized spacial score (nSPS) is 10.7. The molecule has 0 bridgehead atoms. The molecule has 2 rings (SSSR count). The minimum Gasteiger partial charge on any atom is -0.475 e. The van der Waals surface area contributed by atoms with Gasteiger partial charge in [0.15, 0.2) is 5.13 Å². The van der Waals surface area contributed by atoms with Crippen LogP contribution in [0.4, 0.5) is 24.0 Å². The van der Waals surface area contributed by atoms with Crippen LogP contribution < -0.4 is 10.6 Å². The van der Waals surface area contributed by atoms with Gasteiger partial charge < -0.3 is 15.7 Å². The van der Waals surface area contributed by atoms with E-state index in [-0.39, 0.29) is 5.91 Å². The Kier molecular flexibility index (Phi) is 7.35. The Morgan fingerprint density at radius 2 is 1.59 bits per heavy atom. The summed E-state index contributed by atoms with van der Waals surface area (Å²) >= 11 is 1.37. The summed E-state index contributed by atoms with van der Waals surface area (Å²) in [6, 6.07) is 4.14. The number of carbonyl (C=O) groups excluding carboxylic acids is 1. The molecule has 0 unspecified atom stereocenters. The first-order valence-corrected chi connectivity index (χ1v) is 8.53. The molecule has 1 heterocycles. The van der Waals surface area contributed by atoms with Gasteiger partial charge in [0.05, 0.1) is 5.69 Å².